The Bertz CT molecular complexity index is 769. The number of carbonyl (C=O) groups excluding carboxylic acids is 1. The summed E-state index contributed by atoms with van der Waals surface area (Å²) >= 11 is 0. The van der Waals surface area contributed by atoms with Gasteiger partial charge in [-0.3, -0.25) is 4.79 Å². The third kappa shape index (κ3) is 2.63. The summed E-state index contributed by atoms with van der Waals surface area (Å²) < 4.78 is 27.6. The predicted octanol–water partition coefficient (Wildman–Crippen LogP) is 2.42. The van der Waals surface area contributed by atoms with Crippen LogP contribution in [0.5, 0.6) is 0 Å². The molecule has 0 unspecified atom stereocenters. The molecule has 2 aliphatic rings. The summed E-state index contributed by atoms with van der Waals surface area (Å²) in [5.74, 6) is 1.21. The Morgan fingerprint density at radius 1 is 1.33 bits per heavy atom. The van der Waals surface area contributed by atoms with E-state index in [9.17, 15) is 13.6 Å². The van der Waals surface area contributed by atoms with Gasteiger partial charge >= 0.3 is 0 Å². The van der Waals surface area contributed by atoms with E-state index in [0.29, 0.717) is 24.7 Å². The maximum atomic E-state index is 13.3. The third-order valence-corrected chi connectivity index (χ3v) is 5.17. The number of piperidine rings is 1. The Hall–Kier alpha value is -2.12. The Labute approximate surface area is 137 Å². The number of likely N-dealkylation sites (tertiary alicyclic amines) is 1. The second-order valence-corrected chi connectivity index (χ2v) is 6.80. The fraction of sp³-hybridized carbons (Fsp3) is 0.625. The molecule has 6 nitrogen and oxygen atoms in total. The number of fused-ring (bicyclic) bond motifs is 1. The smallest absolute Gasteiger partial charge is 0.280 e. The summed E-state index contributed by atoms with van der Waals surface area (Å²) in [6.45, 7) is 3.42. The van der Waals surface area contributed by atoms with Crippen molar-refractivity contribution in [2.45, 2.75) is 38.5 Å². The van der Waals surface area contributed by atoms with Crippen molar-refractivity contribution in [3.8, 4) is 0 Å². The summed E-state index contributed by atoms with van der Waals surface area (Å²) in [4.78, 5) is 22.5. The van der Waals surface area contributed by atoms with Gasteiger partial charge < -0.3 is 4.90 Å². The quantitative estimate of drug-likeness (QED) is 0.864. The van der Waals surface area contributed by atoms with Crippen LogP contribution in [0.2, 0.25) is 0 Å². The predicted molar refractivity (Wildman–Crippen MR) is 81.6 cm³/mol. The lowest BCUT2D eigenvalue weighted by Crippen LogP contribution is -2.39. The number of carbonyl (C=O) groups is 1. The van der Waals surface area contributed by atoms with Gasteiger partial charge in [0.2, 0.25) is 5.91 Å². The number of rotatable bonds is 3. The lowest BCUT2D eigenvalue weighted by molar-refractivity contribution is -0.133. The molecule has 1 saturated heterocycles. The van der Waals surface area contributed by atoms with E-state index >= 15 is 0 Å². The van der Waals surface area contributed by atoms with Gasteiger partial charge in [0.25, 0.3) is 12.2 Å². The fourth-order valence-corrected chi connectivity index (χ4v) is 3.52. The van der Waals surface area contributed by atoms with Crippen LogP contribution in [0.4, 0.5) is 8.78 Å². The normalized spacial score (nSPS) is 24.8. The van der Waals surface area contributed by atoms with Gasteiger partial charge in [-0.15, -0.1) is 0 Å². The molecule has 1 aliphatic carbocycles. The molecule has 1 saturated carbocycles. The molecule has 0 spiro atoms. The highest BCUT2D eigenvalue weighted by molar-refractivity contribution is 5.81. The minimum atomic E-state index is -2.63. The lowest BCUT2D eigenvalue weighted by Gasteiger charge is -2.32. The van der Waals surface area contributed by atoms with Crippen LogP contribution in [-0.4, -0.2) is 43.5 Å². The van der Waals surface area contributed by atoms with Crippen LogP contribution in [0.25, 0.3) is 5.78 Å². The molecule has 4 rings (SSSR count). The van der Waals surface area contributed by atoms with Crippen molar-refractivity contribution in [2.24, 2.45) is 11.8 Å². The molecular formula is C16H19F2N5O. The molecule has 1 amide bonds. The minimum absolute atomic E-state index is 0.0740. The van der Waals surface area contributed by atoms with E-state index in [-0.39, 0.29) is 29.2 Å². The Balaban J connectivity index is 1.51. The van der Waals surface area contributed by atoms with E-state index in [1.165, 1.54) is 12.4 Å². The Kier molecular flexibility index (Phi) is 3.69. The number of halogens is 2. The highest BCUT2D eigenvalue weighted by Gasteiger charge is 2.42. The minimum Gasteiger partial charge on any atom is -0.342 e. The molecule has 0 N–H and O–H groups in total. The zero-order valence-electron chi connectivity index (χ0n) is 13.4. The number of nitrogens with zero attached hydrogens (tertiary/aromatic N) is 5. The summed E-state index contributed by atoms with van der Waals surface area (Å²) in [6, 6.07) is 1.43. The number of hydrogen-bond acceptors (Lipinski definition) is 4. The van der Waals surface area contributed by atoms with Crippen LogP contribution >= 0.6 is 0 Å². The summed E-state index contributed by atoms with van der Waals surface area (Å²) in [7, 11) is 0. The molecule has 2 fully saturated rings. The first-order chi connectivity index (χ1) is 11.5. The number of hydrogen-bond donors (Lipinski definition) is 0. The first-order valence-electron chi connectivity index (χ1n) is 8.32. The van der Waals surface area contributed by atoms with Gasteiger partial charge in [-0.25, -0.2) is 13.8 Å². The van der Waals surface area contributed by atoms with E-state index in [1.807, 2.05) is 4.90 Å². The van der Waals surface area contributed by atoms with Crippen molar-refractivity contribution in [3.63, 3.8) is 0 Å². The first kappa shape index (κ1) is 15.4. The largest absolute Gasteiger partial charge is 0.342 e. The SMILES string of the molecule is C[C@@H]1C[C@@H]1C(=O)N1CCC(c2cc(C(F)F)n3ncnc3n2)CC1. The van der Waals surface area contributed by atoms with Crippen molar-refractivity contribution in [2.75, 3.05) is 13.1 Å². The second-order valence-electron chi connectivity index (χ2n) is 6.80. The maximum absolute atomic E-state index is 13.3. The molecule has 0 aromatic carbocycles. The van der Waals surface area contributed by atoms with Crippen LogP contribution in [0.15, 0.2) is 12.4 Å². The molecule has 3 heterocycles. The number of alkyl halides is 2. The Morgan fingerprint density at radius 3 is 2.67 bits per heavy atom. The monoisotopic (exact) mass is 335 g/mol. The summed E-state index contributed by atoms with van der Waals surface area (Å²) in [6.07, 6.45) is 1.08. The molecular weight excluding hydrogens is 316 g/mol. The molecule has 2 atom stereocenters. The summed E-state index contributed by atoms with van der Waals surface area (Å²) in [5, 5.41) is 3.80. The van der Waals surface area contributed by atoms with Crippen LogP contribution in [-0.2, 0) is 4.79 Å². The highest BCUT2D eigenvalue weighted by atomic mass is 19.3. The van der Waals surface area contributed by atoms with Crippen molar-refractivity contribution >= 4 is 11.7 Å². The van der Waals surface area contributed by atoms with Crippen molar-refractivity contribution < 1.29 is 13.6 Å². The van der Waals surface area contributed by atoms with Gasteiger partial charge in [0.1, 0.15) is 12.0 Å². The molecule has 1 aliphatic heterocycles. The van der Waals surface area contributed by atoms with Gasteiger partial charge in [-0.1, -0.05) is 6.92 Å². The van der Waals surface area contributed by atoms with E-state index < -0.39 is 6.43 Å². The third-order valence-electron chi connectivity index (χ3n) is 5.17. The van der Waals surface area contributed by atoms with Gasteiger partial charge in [0, 0.05) is 30.6 Å². The molecule has 2 aromatic rings. The zero-order chi connectivity index (χ0) is 16.8. The van der Waals surface area contributed by atoms with Gasteiger partial charge in [0.05, 0.1) is 0 Å². The average Bonchev–Trinajstić information content (AvgIpc) is 3.12. The van der Waals surface area contributed by atoms with E-state index in [1.54, 1.807) is 0 Å². The lowest BCUT2D eigenvalue weighted by atomic mass is 9.92. The molecule has 0 radical (unpaired) electrons. The van der Waals surface area contributed by atoms with Crippen molar-refractivity contribution in [1.29, 1.82) is 0 Å². The van der Waals surface area contributed by atoms with Gasteiger partial charge in [-0.2, -0.15) is 14.6 Å². The summed E-state index contributed by atoms with van der Waals surface area (Å²) in [5.41, 5.74) is 0.440. The second kappa shape index (κ2) is 5.75. The standard InChI is InChI=1S/C16H19F2N5O/c1-9-6-11(9)15(24)22-4-2-10(3-5-22)12-7-13(14(17)18)23-16(21-12)19-8-20-23/h7-11,14H,2-6H2,1H3/t9-,11+/m1/s1. The number of aromatic nitrogens is 4. The fourth-order valence-electron chi connectivity index (χ4n) is 3.52. The number of amides is 1. The molecule has 24 heavy (non-hydrogen) atoms. The van der Waals surface area contributed by atoms with Crippen LogP contribution in [0, 0.1) is 11.8 Å². The van der Waals surface area contributed by atoms with Crippen LogP contribution < -0.4 is 0 Å². The molecule has 2 aromatic heterocycles. The van der Waals surface area contributed by atoms with Crippen LogP contribution in [0.1, 0.15) is 49.9 Å². The van der Waals surface area contributed by atoms with E-state index in [4.69, 9.17) is 0 Å². The van der Waals surface area contributed by atoms with Crippen LogP contribution in [0.3, 0.4) is 0 Å². The average molecular weight is 335 g/mol. The topological polar surface area (TPSA) is 63.4 Å². The zero-order valence-corrected chi connectivity index (χ0v) is 13.4. The van der Waals surface area contributed by atoms with Crippen molar-refractivity contribution in [1.82, 2.24) is 24.5 Å². The van der Waals surface area contributed by atoms with E-state index in [0.717, 1.165) is 23.8 Å². The van der Waals surface area contributed by atoms with Gasteiger partial charge in [0.15, 0.2) is 0 Å². The maximum Gasteiger partial charge on any atom is 0.280 e. The molecule has 128 valence electrons. The first-order valence-corrected chi connectivity index (χ1v) is 8.32. The van der Waals surface area contributed by atoms with Gasteiger partial charge in [-0.05, 0) is 31.2 Å². The Morgan fingerprint density at radius 2 is 2.04 bits per heavy atom. The van der Waals surface area contributed by atoms with E-state index in [2.05, 4.69) is 22.0 Å². The highest BCUT2D eigenvalue weighted by Crippen LogP contribution is 2.40. The molecule has 8 heteroatoms. The van der Waals surface area contributed by atoms with Crippen molar-refractivity contribution in [3.05, 3.63) is 23.8 Å². The molecule has 0 bridgehead atoms.